The van der Waals surface area contributed by atoms with Crippen molar-refractivity contribution in [3.8, 4) is 0 Å². The third-order valence-electron chi connectivity index (χ3n) is 6.62. The number of anilines is 1. The smallest absolute Gasteiger partial charge is 0.306 e. The van der Waals surface area contributed by atoms with E-state index in [0.717, 1.165) is 37.0 Å². The van der Waals surface area contributed by atoms with Crippen molar-refractivity contribution in [2.24, 2.45) is 23.2 Å². The Morgan fingerprint density at radius 2 is 1.56 bits per heavy atom. The van der Waals surface area contributed by atoms with Gasteiger partial charge in [0.05, 0.1) is 6.42 Å². The molecule has 5 rings (SSSR count). The molecule has 5 heteroatoms. The number of carbonyl (C=O) groups is 3. The summed E-state index contributed by atoms with van der Waals surface area (Å²) in [5, 5.41) is 2.70. The number of ether oxygens (including phenoxy) is 1. The second kappa shape index (κ2) is 7.10. The molecule has 1 aromatic rings. The van der Waals surface area contributed by atoms with Gasteiger partial charge in [0.15, 0.2) is 12.4 Å². The second-order valence-electron chi connectivity index (χ2n) is 8.94. The summed E-state index contributed by atoms with van der Waals surface area (Å²) in [5.41, 5.74) is 1.31. The predicted molar refractivity (Wildman–Crippen MR) is 101 cm³/mol. The van der Waals surface area contributed by atoms with Gasteiger partial charge in [0.2, 0.25) is 0 Å². The monoisotopic (exact) mass is 369 g/mol. The van der Waals surface area contributed by atoms with Gasteiger partial charge in [0.25, 0.3) is 5.91 Å². The van der Waals surface area contributed by atoms with Crippen LogP contribution < -0.4 is 5.32 Å². The molecule has 4 fully saturated rings. The van der Waals surface area contributed by atoms with Crippen LogP contribution in [0, 0.1) is 23.2 Å². The van der Waals surface area contributed by atoms with Crippen molar-refractivity contribution in [2.75, 3.05) is 11.9 Å². The molecular formula is C22H27NO4. The average Bonchev–Trinajstić information content (AvgIpc) is 2.59. The van der Waals surface area contributed by atoms with Gasteiger partial charge in [0.1, 0.15) is 0 Å². The zero-order valence-electron chi connectivity index (χ0n) is 15.8. The molecule has 27 heavy (non-hydrogen) atoms. The van der Waals surface area contributed by atoms with Gasteiger partial charge in [-0.05, 0) is 92.9 Å². The number of hydrogen-bond acceptors (Lipinski definition) is 4. The maximum atomic E-state index is 12.4. The summed E-state index contributed by atoms with van der Waals surface area (Å²) in [5.74, 6) is 1.76. The molecule has 4 aliphatic rings. The zero-order valence-corrected chi connectivity index (χ0v) is 15.8. The third-order valence-corrected chi connectivity index (χ3v) is 6.62. The van der Waals surface area contributed by atoms with Crippen molar-refractivity contribution >= 4 is 23.3 Å². The van der Waals surface area contributed by atoms with Gasteiger partial charge in [-0.25, -0.2) is 0 Å². The molecule has 4 saturated carbocycles. The summed E-state index contributed by atoms with van der Waals surface area (Å²) >= 11 is 0. The highest BCUT2D eigenvalue weighted by Crippen LogP contribution is 2.61. The molecule has 5 nitrogen and oxygen atoms in total. The fourth-order valence-corrected chi connectivity index (χ4v) is 6.00. The zero-order chi connectivity index (χ0) is 19.0. The second-order valence-corrected chi connectivity index (χ2v) is 8.94. The van der Waals surface area contributed by atoms with Gasteiger partial charge < -0.3 is 10.1 Å². The summed E-state index contributed by atoms with van der Waals surface area (Å²) in [6, 6.07) is 6.67. The number of Topliss-reactive ketones (excluding diaryl/α,β-unsaturated/α-hetero) is 1. The Balaban J connectivity index is 1.25. The van der Waals surface area contributed by atoms with Crippen LogP contribution in [-0.2, 0) is 14.3 Å². The van der Waals surface area contributed by atoms with Gasteiger partial charge in [-0.3, -0.25) is 14.4 Å². The highest BCUT2D eigenvalue weighted by molar-refractivity contribution is 5.96. The molecule has 0 aliphatic heterocycles. The van der Waals surface area contributed by atoms with Crippen molar-refractivity contribution in [3.05, 3.63) is 29.8 Å². The van der Waals surface area contributed by atoms with Gasteiger partial charge in [0, 0.05) is 11.3 Å². The molecule has 144 valence electrons. The minimum absolute atomic E-state index is 0.0218. The largest absolute Gasteiger partial charge is 0.456 e. The molecule has 1 amide bonds. The van der Waals surface area contributed by atoms with E-state index >= 15 is 0 Å². The van der Waals surface area contributed by atoms with Crippen LogP contribution in [0.2, 0.25) is 0 Å². The van der Waals surface area contributed by atoms with E-state index in [4.69, 9.17) is 4.74 Å². The molecule has 0 saturated heterocycles. The van der Waals surface area contributed by atoms with E-state index < -0.39 is 0 Å². The molecule has 0 heterocycles. The first-order chi connectivity index (χ1) is 12.9. The topological polar surface area (TPSA) is 72.5 Å². The van der Waals surface area contributed by atoms with E-state index in [1.54, 1.807) is 24.3 Å². The summed E-state index contributed by atoms with van der Waals surface area (Å²) in [6.45, 7) is 1.23. The van der Waals surface area contributed by atoms with Gasteiger partial charge in [-0.2, -0.15) is 0 Å². The third kappa shape index (κ3) is 4.07. The number of nitrogens with one attached hydrogen (secondary N) is 1. The Labute approximate surface area is 159 Å². The van der Waals surface area contributed by atoms with E-state index in [1.807, 2.05) is 0 Å². The summed E-state index contributed by atoms with van der Waals surface area (Å²) in [4.78, 5) is 35.7. The van der Waals surface area contributed by atoms with Crippen LogP contribution in [0.1, 0.15) is 62.2 Å². The quantitative estimate of drug-likeness (QED) is 0.608. The lowest BCUT2D eigenvalue weighted by Crippen LogP contribution is -2.47. The van der Waals surface area contributed by atoms with Crippen LogP contribution in [0.25, 0.3) is 0 Å². The van der Waals surface area contributed by atoms with E-state index in [2.05, 4.69) is 5.32 Å². The first-order valence-electron chi connectivity index (χ1n) is 9.97. The van der Waals surface area contributed by atoms with E-state index in [-0.39, 0.29) is 29.7 Å². The van der Waals surface area contributed by atoms with Gasteiger partial charge >= 0.3 is 5.97 Å². The Hall–Kier alpha value is -2.17. The number of amides is 1. The molecule has 1 aromatic carbocycles. The van der Waals surface area contributed by atoms with E-state index in [1.165, 1.54) is 26.2 Å². The molecule has 0 aromatic heterocycles. The van der Waals surface area contributed by atoms with Crippen LogP contribution in [-0.4, -0.2) is 24.3 Å². The average molecular weight is 369 g/mol. The van der Waals surface area contributed by atoms with Crippen molar-refractivity contribution in [3.63, 3.8) is 0 Å². The standard InChI is InChI=1S/C22H27NO4/c1-14(24)18-2-4-19(5-3-18)23-20(25)13-27-21(26)12-22-9-15-6-16(10-22)8-17(7-15)11-22/h2-5,15-17H,6-13H2,1H3,(H,23,25). The highest BCUT2D eigenvalue weighted by atomic mass is 16.5. The normalized spacial score (nSPS) is 30.8. The number of esters is 1. The molecule has 0 unspecified atom stereocenters. The highest BCUT2D eigenvalue weighted by Gasteiger charge is 2.51. The first-order valence-corrected chi connectivity index (χ1v) is 9.97. The first kappa shape index (κ1) is 18.2. The van der Waals surface area contributed by atoms with Crippen LogP contribution in [0.3, 0.4) is 0 Å². The van der Waals surface area contributed by atoms with Crippen LogP contribution >= 0.6 is 0 Å². The van der Waals surface area contributed by atoms with Gasteiger partial charge in [-0.15, -0.1) is 0 Å². The van der Waals surface area contributed by atoms with Crippen LogP contribution in [0.4, 0.5) is 5.69 Å². The summed E-state index contributed by atoms with van der Waals surface area (Å²) in [7, 11) is 0. The number of ketones is 1. The Kier molecular flexibility index (Phi) is 4.79. The molecule has 4 aliphatic carbocycles. The lowest BCUT2D eigenvalue weighted by molar-refractivity contribution is -0.154. The van der Waals surface area contributed by atoms with Crippen molar-refractivity contribution in [2.45, 2.75) is 51.9 Å². The Morgan fingerprint density at radius 1 is 1.00 bits per heavy atom. The maximum absolute atomic E-state index is 12.4. The van der Waals surface area contributed by atoms with Crippen molar-refractivity contribution in [1.29, 1.82) is 0 Å². The Morgan fingerprint density at radius 3 is 2.07 bits per heavy atom. The molecule has 1 N–H and O–H groups in total. The maximum Gasteiger partial charge on any atom is 0.306 e. The fraction of sp³-hybridized carbons (Fsp3) is 0.591. The van der Waals surface area contributed by atoms with Gasteiger partial charge in [-0.1, -0.05) is 0 Å². The Bertz CT molecular complexity index is 717. The van der Waals surface area contributed by atoms with Crippen molar-refractivity contribution < 1.29 is 19.1 Å². The SMILES string of the molecule is CC(=O)c1ccc(NC(=O)COC(=O)CC23CC4CC(CC(C4)C2)C3)cc1. The minimum Gasteiger partial charge on any atom is -0.456 e. The molecule has 0 radical (unpaired) electrons. The summed E-state index contributed by atoms with van der Waals surface area (Å²) in [6.07, 6.45) is 7.96. The van der Waals surface area contributed by atoms with E-state index in [9.17, 15) is 14.4 Å². The number of hydrogen-bond donors (Lipinski definition) is 1. The van der Waals surface area contributed by atoms with E-state index in [0.29, 0.717) is 17.7 Å². The number of benzene rings is 1. The van der Waals surface area contributed by atoms with Crippen LogP contribution in [0.5, 0.6) is 0 Å². The number of carbonyl (C=O) groups excluding carboxylic acids is 3. The molecular weight excluding hydrogens is 342 g/mol. The van der Waals surface area contributed by atoms with Crippen LogP contribution in [0.15, 0.2) is 24.3 Å². The minimum atomic E-state index is -0.357. The predicted octanol–water partition coefficient (Wildman–Crippen LogP) is 3.98. The van der Waals surface area contributed by atoms with Crippen molar-refractivity contribution in [1.82, 2.24) is 0 Å². The molecule has 4 bridgehead atoms. The summed E-state index contributed by atoms with van der Waals surface area (Å²) < 4.78 is 5.27. The molecule has 0 spiro atoms. The molecule has 0 atom stereocenters. The number of rotatable bonds is 6. The lowest BCUT2D eigenvalue weighted by Gasteiger charge is -2.56. The lowest BCUT2D eigenvalue weighted by atomic mass is 9.49. The fourth-order valence-electron chi connectivity index (χ4n) is 6.00.